The molecule has 0 bridgehead atoms. The number of ether oxygens (including phenoxy) is 1. The first-order valence-electron chi connectivity index (χ1n) is 14.5. The molecule has 0 unspecified atom stereocenters. The topological polar surface area (TPSA) is 135 Å². The van der Waals surface area contributed by atoms with Gasteiger partial charge in [-0.3, -0.25) is 14.9 Å². The van der Waals surface area contributed by atoms with Gasteiger partial charge in [-0.05, 0) is 68.5 Å². The Labute approximate surface area is 262 Å². The van der Waals surface area contributed by atoms with Crippen LogP contribution in [0.5, 0.6) is 11.5 Å². The second-order valence-corrected chi connectivity index (χ2v) is 18.3. The van der Waals surface area contributed by atoms with Gasteiger partial charge in [0.05, 0.1) is 23.0 Å². The maximum absolute atomic E-state index is 15.0. The number of carbonyl (C=O) groups is 2. The zero-order chi connectivity index (χ0) is 32.5. The van der Waals surface area contributed by atoms with Gasteiger partial charge in [0.2, 0.25) is 5.91 Å². The first-order valence-corrected chi connectivity index (χ1v) is 19.5. The van der Waals surface area contributed by atoms with Crippen LogP contribution in [0.15, 0.2) is 95.9 Å². The van der Waals surface area contributed by atoms with Crippen molar-refractivity contribution < 1.29 is 37.3 Å². The lowest BCUT2D eigenvalue weighted by Gasteiger charge is -2.48. The molecule has 4 atom stereocenters. The largest absolute Gasteiger partial charge is 0.461 e. The number of rotatable bonds is 12. The number of para-hydroxylation sites is 2. The monoisotopic (exact) mass is 650 g/mol. The van der Waals surface area contributed by atoms with Crippen molar-refractivity contribution in [3.8, 4) is 11.5 Å². The first kappa shape index (κ1) is 32.1. The number of β-lactam (4-membered cyclic amide) rings is 1. The molecule has 2 aliphatic rings. The summed E-state index contributed by atoms with van der Waals surface area (Å²) in [6.07, 6.45) is -0.450. The van der Waals surface area contributed by atoms with E-state index in [4.69, 9.17) is 18.2 Å². The van der Waals surface area contributed by atoms with Crippen LogP contribution in [0.1, 0.15) is 19.4 Å². The molecule has 45 heavy (non-hydrogen) atoms. The summed E-state index contributed by atoms with van der Waals surface area (Å²) >= 11 is 0. The molecule has 11 nitrogen and oxygen atoms in total. The molecule has 2 heterocycles. The lowest BCUT2D eigenvalue weighted by Crippen LogP contribution is -2.64. The van der Waals surface area contributed by atoms with E-state index >= 15 is 4.57 Å². The molecule has 0 saturated carbocycles. The third-order valence-electron chi connectivity index (χ3n) is 7.60. The Morgan fingerprint density at radius 2 is 1.49 bits per heavy atom. The van der Waals surface area contributed by atoms with E-state index in [1.165, 1.54) is 29.2 Å². The number of nitro benzene ring substituents is 1. The fourth-order valence-electron chi connectivity index (χ4n) is 5.81. The van der Waals surface area contributed by atoms with Crippen molar-refractivity contribution in [1.29, 1.82) is 0 Å². The molecule has 1 fully saturated rings. The molecule has 3 aromatic carbocycles. The zero-order valence-electron chi connectivity index (χ0n) is 25.6. The van der Waals surface area contributed by atoms with Gasteiger partial charge in [-0.2, -0.15) is 0 Å². The minimum Gasteiger partial charge on any atom is -0.456 e. The molecule has 3 aromatic rings. The van der Waals surface area contributed by atoms with Gasteiger partial charge in [0.15, 0.2) is 8.32 Å². The number of non-ortho nitro benzene ring substituents is 1. The third kappa shape index (κ3) is 6.73. The highest BCUT2D eigenvalue weighted by molar-refractivity contribution is 7.59. The van der Waals surface area contributed by atoms with Crippen LogP contribution < -0.4 is 9.05 Å². The number of esters is 1. The van der Waals surface area contributed by atoms with Crippen molar-refractivity contribution in [2.45, 2.75) is 52.2 Å². The second kappa shape index (κ2) is 12.6. The maximum atomic E-state index is 15.0. The number of benzene rings is 3. The molecular formula is C32H35N2O9PSi. The third-order valence-corrected chi connectivity index (χ3v) is 10.8. The van der Waals surface area contributed by atoms with Gasteiger partial charge in [0, 0.05) is 18.1 Å². The van der Waals surface area contributed by atoms with Crippen molar-refractivity contribution in [3.05, 3.63) is 112 Å². The van der Waals surface area contributed by atoms with Crippen LogP contribution in [0.3, 0.4) is 0 Å². The van der Waals surface area contributed by atoms with Gasteiger partial charge in [-0.1, -0.05) is 43.3 Å². The average Bonchev–Trinajstić information content (AvgIpc) is 3.25. The number of carbonyl (C=O) groups excluding carboxylic acids is 2. The maximum Gasteiger partial charge on any atom is 0.461 e. The number of nitrogens with zero attached hydrogens (tertiary/aromatic N) is 2. The number of fused-ring (bicyclic) bond motifs is 1. The average molecular weight is 651 g/mol. The number of hydrogen-bond donors (Lipinski definition) is 0. The molecule has 2 aliphatic heterocycles. The zero-order valence-corrected chi connectivity index (χ0v) is 27.5. The van der Waals surface area contributed by atoms with E-state index in [1.807, 2.05) is 26.6 Å². The van der Waals surface area contributed by atoms with Gasteiger partial charge in [0.25, 0.3) is 5.69 Å². The van der Waals surface area contributed by atoms with E-state index in [9.17, 15) is 19.7 Å². The van der Waals surface area contributed by atoms with E-state index in [1.54, 1.807) is 67.6 Å². The van der Waals surface area contributed by atoms with E-state index < -0.39 is 50.8 Å². The standard InChI is InChI=1S/C32H35N2O9PSi/c1-21-28-27(22(2)43-45(3,4)5)31(35)33(28)29(32(36)40-20-23-16-18-24(19-17-23)34(37)38)30(21)44(39,41-25-12-8-6-9-13-25)42-26-14-10-7-11-15-26/h6-19,21-22,27-28H,20H2,1-5H3/t21-,22-,27-,28-/m1/s1. The SMILES string of the molecule is C[C@@H](O[Si](C)(C)C)[C@H]1C(=O)N2C(C(=O)OCc3ccc([N+](=O)[O-])cc3)=C(P(=O)(Oc3ccccc3)Oc3ccccc3)[C@H](C)[C@H]12. The normalized spacial score (nSPS) is 20.2. The summed E-state index contributed by atoms with van der Waals surface area (Å²) in [5.41, 5.74) is 0.199. The molecule has 0 aromatic heterocycles. The van der Waals surface area contributed by atoms with Crippen LogP contribution in [-0.2, 0) is 29.9 Å². The van der Waals surface area contributed by atoms with Crippen molar-refractivity contribution in [2.75, 3.05) is 0 Å². The van der Waals surface area contributed by atoms with Crippen LogP contribution >= 0.6 is 7.60 Å². The summed E-state index contributed by atoms with van der Waals surface area (Å²) in [6, 6.07) is 22.0. The van der Waals surface area contributed by atoms with Crippen molar-refractivity contribution in [3.63, 3.8) is 0 Å². The van der Waals surface area contributed by atoms with Crippen molar-refractivity contribution >= 4 is 33.5 Å². The molecule has 236 valence electrons. The first-order chi connectivity index (χ1) is 21.3. The quantitative estimate of drug-likeness (QED) is 0.0511. The van der Waals surface area contributed by atoms with E-state index in [2.05, 4.69) is 0 Å². The predicted molar refractivity (Wildman–Crippen MR) is 169 cm³/mol. The summed E-state index contributed by atoms with van der Waals surface area (Å²) in [6.45, 7) is 9.49. The fourth-order valence-corrected chi connectivity index (χ4v) is 9.21. The molecule has 1 saturated heterocycles. The Bertz CT molecular complexity index is 1610. The lowest BCUT2D eigenvalue weighted by atomic mass is 9.79. The van der Waals surface area contributed by atoms with Gasteiger partial charge < -0.3 is 23.1 Å². The summed E-state index contributed by atoms with van der Waals surface area (Å²) in [5.74, 6) is -1.95. The molecule has 13 heteroatoms. The smallest absolute Gasteiger partial charge is 0.456 e. The summed E-state index contributed by atoms with van der Waals surface area (Å²) < 4.78 is 39.2. The molecule has 5 rings (SSSR count). The minimum atomic E-state index is -4.37. The Morgan fingerprint density at radius 3 is 1.98 bits per heavy atom. The van der Waals surface area contributed by atoms with Crippen LogP contribution in [0, 0.1) is 22.0 Å². The van der Waals surface area contributed by atoms with Gasteiger partial charge in [0.1, 0.15) is 29.1 Å². The number of hydrogen-bond acceptors (Lipinski definition) is 9. The Hall–Kier alpha value is -4.25. The Morgan fingerprint density at radius 1 is 0.956 bits per heavy atom. The van der Waals surface area contributed by atoms with E-state index in [-0.39, 0.29) is 40.7 Å². The van der Waals surface area contributed by atoms with Gasteiger partial charge in [-0.25, -0.2) is 9.36 Å². The molecule has 0 spiro atoms. The highest BCUT2D eigenvalue weighted by atomic mass is 31.2. The summed E-state index contributed by atoms with van der Waals surface area (Å²) in [5, 5.41) is 11.1. The predicted octanol–water partition coefficient (Wildman–Crippen LogP) is 6.92. The Balaban J connectivity index is 1.56. The summed E-state index contributed by atoms with van der Waals surface area (Å²) in [4.78, 5) is 39.5. The van der Waals surface area contributed by atoms with Gasteiger partial charge >= 0.3 is 13.6 Å². The Kier molecular flexibility index (Phi) is 9.02. The van der Waals surface area contributed by atoms with E-state index in [0.717, 1.165) is 0 Å². The van der Waals surface area contributed by atoms with Crippen LogP contribution in [0.4, 0.5) is 5.69 Å². The molecule has 0 N–H and O–H groups in total. The van der Waals surface area contributed by atoms with Crippen molar-refractivity contribution in [2.24, 2.45) is 11.8 Å². The highest BCUT2D eigenvalue weighted by Crippen LogP contribution is 2.65. The number of amides is 1. The fraction of sp³-hybridized carbons (Fsp3) is 0.312. The highest BCUT2D eigenvalue weighted by Gasteiger charge is 2.64. The van der Waals surface area contributed by atoms with Crippen LogP contribution in [0.2, 0.25) is 19.6 Å². The van der Waals surface area contributed by atoms with E-state index in [0.29, 0.717) is 5.56 Å². The van der Waals surface area contributed by atoms with Gasteiger partial charge in [-0.15, -0.1) is 0 Å². The second-order valence-electron chi connectivity index (χ2n) is 12.0. The minimum absolute atomic E-state index is 0.0324. The molecule has 1 amide bonds. The van der Waals surface area contributed by atoms with Crippen LogP contribution in [0.25, 0.3) is 0 Å². The molecular weight excluding hydrogens is 615 g/mol. The lowest BCUT2D eigenvalue weighted by molar-refractivity contribution is -0.384. The summed E-state index contributed by atoms with van der Waals surface area (Å²) in [7, 11) is -6.41. The molecule has 0 aliphatic carbocycles. The number of nitro groups is 1. The van der Waals surface area contributed by atoms with Crippen molar-refractivity contribution in [1.82, 2.24) is 4.90 Å². The molecule has 0 radical (unpaired) electrons. The van der Waals surface area contributed by atoms with Crippen LogP contribution in [-0.4, -0.2) is 42.2 Å².